The van der Waals surface area contributed by atoms with Crippen molar-refractivity contribution in [3.63, 3.8) is 0 Å². The lowest BCUT2D eigenvalue weighted by Gasteiger charge is -2.30. The lowest BCUT2D eigenvalue weighted by molar-refractivity contribution is -0.121. The summed E-state index contributed by atoms with van der Waals surface area (Å²) in [7, 11) is 0. The van der Waals surface area contributed by atoms with Crippen LogP contribution in [0.4, 0.5) is 5.69 Å². The molecular weight excluding hydrogens is 376 g/mol. The van der Waals surface area contributed by atoms with Crippen LogP contribution in [0.25, 0.3) is 22.3 Å². The van der Waals surface area contributed by atoms with E-state index in [2.05, 4.69) is 22.3 Å². The van der Waals surface area contributed by atoms with Crippen molar-refractivity contribution in [2.24, 2.45) is 5.92 Å². The highest BCUT2D eigenvalue weighted by Crippen LogP contribution is 2.26. The van der Waals surface area contributed by atoms with E-state index in [-0.39, 0.29) is 11.8 Å². The molecule has 30 heavy (non-hydrogen) atoms. The number of para-hydroxylation sites is 1. The average molecular weight is 400 g/mol. The molecule has 0 radical (unpaired) electrons. The number of hydrogen-bond donors (Lipinski definition) is 1. The van der Waals surface area contributed by atoms with Gasteiger partial charge in [-0.15, -0.1) is 0 Å². The highest BCUT2D eigenvalue weighted by atomic mass is 16.3. The van der Waals surface area contributed by atoms with E-state index >= 15 is 0 Å². The molecule has 5 rings (SSSR count). The van der Waals surface area contributed by atoms with Crippen molar-refractivity contribution in [2.75, 3.05) is 18.4 Å². The van der Waals surface area contributed by atoms with Crippen molar-refractivity contribution in [1.29, 1.82) is 0 Å². The molecule has 1 amide bonds. The Balaban J connectivity index is 1.16. The molecule has 1 aliphatic rings. The average Bonchev–Trinajstić information content (AvgIpc) is 3.44. The van der Waals surface area contributed by atoms with Crippen molar-refractivity contribution in [1.82, 2.24) is 4.90 Å². The zero-order valence-electron chi connectivity index (χ0n) is 16.7. The third-order valence-electron chi connectivity index (χ3n) is 5.75. The molecule has 2 aromatic carbocycles. The smallest absolute Gasteiger partial charge is 0.227 e. The molecule has 1 fully saturated rings. The van der Waals surface area contributed by atoms with E-state index in [9.17, 15) is 4.79 Å². The van der Waals surface area contributed by atoms with E-state index in [1.165, 1.54) is 0 Å². The van der Waals surface area contributed by atoms with Crippen LogP contribution in [-0.4, -0.2) is 23.9 Å². The van der Waals surface area contributed by atoms with Crippen LogP contribution < -0.4 is 5.32 Å². The summed E-state index contributed by atoms with van der Waals surface area (Å²) in [5, 5.41) is 4.22. The van der Waals surface area contributed by atoms with E-state index < -0.39 is 0 Å². The van der Waals surface area contributed by atoms with Gasteiger partial charge >= 0.3 is 0 Å². The van der Waals surface area contributed by atoms with Crippen molar-refractivity contribution < 1.29 is 13.6 Å². The van der Waals surface area contributed by atoms with E-state index in [0.717, 1.165) is 66.2 Å². The second kappa shape index (κ2) is 8.20. The predicted molar refractivity (Wildman–Crippen MR) is 117 cm³/mol. The summed E-state index contributed by atoms with van der Waals surface area (Å²) in [5.41, 5.74) is 2.69. The number of fused-ring (bicyclic) bond motifs is 1. The van der Waals surface area contributed by atoms with Gasteiger partial charge in [0.2, 0.25) is 5.91 Å². The van der Waals surface area contributed by atoms with Crippen molar-refractivity contribution in [2.45, 2.75) is 19.4 Å². The molecule has 5 nitrogen and oxygen atoms in total. The number of anilines is 1. The third kappa shape index (κ3) is 4.02. The van der Waals surface area contributed by atoms with Crippen LogP contribution in [-0.2, 0) is 11.3 Å². The molecule has 1 aliphatic heterocycles. The summed E-state index contributed by atoms with van der Waals surface area (Å²) in [6, 6.07) is 21.7. The number of likely N-dealkylation sites (tertiary alicyclic amines) is 1. The first-order valence-electron chi connectivity index (χ1n) is 10.4. The van der Waals surface area contributed by atoms with E-state index in [1.807, 2.05) is 54.6 Å². The maximum absolute atomic E-state index is 12.8. The highest BCUT2D eigenvalue weighted by molar-refractivity contribution is 5.93. The first-order chi connectivity index (χ1) is 14.7. The summed E-state index contributed by atoms with van der Waals surface area (Å²) in [4.78, 5) is 15.1. The molecule has 0 unspecified atom stereocenters. The zero-order valence-corrected chi connectivity index (χ0v) is 16.7. The van der Waals surface area contributed by atoms with E-state index in [0.29, 0.717) is 0 Å². The molecule has 4 aromatic rings. The van der Waals surface area contributed by atoms with Crippen LogP contribution in [0.15, 0.2) is 81.8 Å². The SMILES string of the molecule is O=C(Nc1cccc(-c2ccco2)c1)C1CCN(Cc2cc3ccccc3o2)CC1. The number of nitrogens with zero attached hydrogens (tertiary/aromatic N) is 1. The van der Waals surface area contributed by atoms with Gasteiger partial charge in [-0.1, -0.05) is 30.3 Å². The molecule has 152 valence electrons. The fraction of sp³-hybridized carbons (Fsp3) is 0.240. The molecule has 0 atom stereocenters. The molecule has 1 saturated heterocycles. The molecule has 3 heterocycles. The minimum Gasteiger partial charge on any atom is -0.464 e. The van der Waals surface area contributed by atoms with Crippen molar-refractivity contribution in [3.05, 3.63) is 78.8 Å². The van der Waals surface area contributed by atoms with E-state index in [4.69, 9.17) is 8.83 Å². The number of furan rings is 2. The maximum Gasteiger partial charge on any atom is 0.227 e. The van der Waals surface area contributed by atoms with Gasteiger partial charge in [-0.05, 0) is 62.3 Å². The summed E-state index contributed by atoms with van der Waals surface area (Å²) < 4.78 is 11.4. The Labute approximate surface area is 175 Å². The third-order valence-corrected chi connectivity index (χ3v) is 5.75. The minimum atomic E-state index is 0.0317. The Morgan fingerprint density at radius 3 is 2.67 bits per heavy atom. The number of hydrogen-bond acceptors (Lipinski definition) is 4. The fourth-order valence-corrected chi connectivity index (χ4v) is 4.13. The quantitative estimate of drug-likeness (QED) is 0.478. The second-order valence-electron chi connectivity index (χ2n) is 7.85. The van der Waals surface area contributed by atoms with Gasteiger partial charge in [-0.25, -0.2) is 0 Å². The van der Waals surface area contributed by atoms with Gasteiger partial charge in [-0.3, -0.25) is 9.69 Å². The monoisotopic (exact) mass is 400 g/mol. The summed E-state index contributed by atoms with van der Waals surface area (Å²) in [6.45, 7) is 2.57. The number of benzene rings is 2. The number of carbonyl (C=O) groups is 1. The van der Waals surface area contributed by atoms with E-state index in [1.54, 1.807) is 6.26 Å². The molecule has 0 spiro atoms. The molecule has 0 saturated carbocycles. The second-order valence-corrected chi connectivity index (χ2v) is 7.85. The first-order valence-corrected chi connectivity index (χ1v) is 10.4. The van der Waals surface area contributed by atoms with Crippen LogP contribution in [0.3, 0.4) is 0 Å². The number of rotatable bonds is 5. The standard InChI is InChI=1S/C25H24N2O3/c28-25(26-21-7-3-6-19(15-21)23-9-4-14-29-23)18-10-12-27(13-11-18)17-22-16-20-5-1-2-8-24(20)30-22/h1-9,14-16,18H,10-13,17H2,(H,26,28). The number of carbonyl (C=O) groups excluding carboxylic acids is 1. The van der Waals surface area contributed by atoms with Gasteiger partial charge in [0.1, 0.15) is 17.1 Å². The van der Waals surface area contributed by atoms with Crippen molar-refractivity contribution in [3.8, 4) is 11.3 Å². The van der Waals surface area contributed by atoms with Crippen LogP contribution >= 0.6 is 0 Å². The van der Waals surface area contributed by atoms with Gasteiger partial charge in [-0.2, -0.15) is 0 Å². The largest absolute Gasteiger partial charge is 0.464 e. The Kier molecular flexibility index (Phi) is 5.11. The maximum atomic E-state index is 12.8. The van der Waals surface area contributed by atoms with Crippen LogP contribution in [0.5, 0.6) is 0 Å². The minimum absolute atomic E-state index is 0.0317. The Morgan fingerprint density at radius 1 is 1.00 bits per heavy atom. The normalized spacial score (nSPS) is 15.5. The zero-order chi connectivity index (χ0) is 20.3. The first kappa shape index (κ1) is 18.7. The molecule has 0 aliphatic carbocycles. The van der Waals surface area contributed by atoms with Gasteiger partial charge in [0.15, 0.2) is 0 Å². The number of amides is 1. The van der Waals surface area contributed by atoms with Gasteiger partial charge in [0, 0.05) is 22.6 Å². The summed E-state index contributed by atoms with van der Waals surface area (Å²) >= 11 is 0. The topological polar surface area (TPSA) is 58.6 Å². The molecule has 0 bridgehead atoms. The van der Waals surface area contributed by atoms with Crippen LogP contribution in [0.2, 0.25) is 0 Å². The lowest BCUT2D eigenvalue weighted by Crippen LogP contribution is -2.37. The van der Waals surface area contributed by atoms with Crippen LogP contribution in [0, 0.1) is 5.92 Å². The Morgan fingerprint density at radius 2 is 1.87 bits per heavy atom. The predicted octanol–water partition coefficient (Wildman–Crippen LogP) is 5.54. The van der Waals surface area contributed by atoms with Gasteiger partial charge < -0.3 is 14.2 Å². The lowest BCUT2D eigenvalue weighted by atomic mass is 9.95. The molecule has 1 N–H and O–H groups in total. The summed E-state index contributed by atoms with van der Waals surface area (Å²) in [6.07, 6.45) is 3.35. The van der Waals surface area contributed by atoms with Crippen molar-refractivity contribution >= 4 is 22.6 Å². The molecule has 2 aromatic heterocycles. The van der Waals surface area contributed by atoms with Gasteiger partial charge in [0.05, 0.1) is 12.8 Å². The number of nitrogens with one attached hydrogen (secondary N) is 1. The molecular formula is C25H24N2O3. The molecule has 5 heteroatoms. The summed E-state index contributed by atoms with van der Waals surface area (Å²) in [5.74, 6) is 1.90. The van der Waals surface area contributed by atoms with Gasteiger partial charge in [0.25, 0.3) is 0 Å². The fourth-order valence-electron chi connectivity index (χ4n) is 4.13. The Bertz CT molecular complexity index is 1110. The Hall–Kier alpha value is -3.31. The van der Waals surface area contributed by atoms with Crippen LogP contribution in [0.1, 0.15) is 18.6 Å². The number of piperidine rings is 1. The highest BCUT2D eigenvalue weighted by Gasteiger charge is 2.25.